The first-order valence-electron chi connectivity index (χ1n) is 7.52. The summed E-state index contributed by atoms with van der Waals surface area (Å²) in [6.07, 6.45) is 2.46. The number of carbonyl (C=O) groups is 3. The number of carboxylic acids is 1. The fraction of sp³-hybridized carbons (Fsp3) is 0.786. The van der Waals surface area contributed by atoms with Gasteiger partial charge in [0.15, 0.2) is 6.04 Å². The first-order chi connectivity index (χ1) is 10.8. The molecule has 0 spiro atoms. The molecule has 0 saturated carbocycles. The quantitative estimate of drug-likeness (QED) is 0.196. The Morgan fingerprint density at radius 2 is 1.91 bits per heavy atom. The van der Waals surface area contributed by atoms with Crippen LogP contribution in [0.4, 0.5) is 0 Å². The Morgan fingerprint density at radius 1 is 1.26 bits per heavy atom. The number of hydrogen-bond donors (Lipinski definition) is 5. The Hall–Kier alpha value is -0.930. The highest BCUT2D eigenvalue weighted by atomic mass is 32.1. The highest BCUT2D eigenvalue weighted by Crippen LogP contribution is 2.12. The summed E-state index contributed by atoms with van der Waals surface area (Å²) in [4.78, 5) is 34.1. The zero-order valence-corrected chi connectivity index (χ0v) is 15.0. The number of amides is 1. The molecular formula is C14H26N2O5S2. The van der Waals surface area contributed by atoms with Gasteiger partial charge in [-0.05, 0) is 31.9 Å². The average Bonchev–Trinajstić information content (AvgIpc) is 2.48. The average molecular weight is 367 g/mol. The number of unbranched alkanes of at least 4 members (excludes halogenated alkanes) is 1. The predicted octanol–water partition coefficient (Wildman–Crippen LogP) is 0.625. The molecule has 0 aliphatic rings. The van der Waals surface area contributed by atoms with E-state index in [1.165, 1.54) is 6.92 Å². The van der Waals surface area contributed by atoms with Gasteiger partial charge in [-0.25, -0.2) is 4.79 Å². The molecule has 4 N–H and O–H groups in total. The van der Waals surface area contributed by atoms with Crippen LogP contribution in [0, 0.1) is 0 Å². The van der Waals surface area contributed by atoms with Gasteiger partial charge in [0.2, 0.25) is 5.91 Å². The number of ether oxygens (including phenoxy) is 1. The van der Waals surface area contributed by atoms with E-state index < -0.39 is 30.0 Å². The molecule has 0 aliphatic carbocycles. The molecule has 7 nitrogen and oxygen atoms in total. The molecule has 0 aromatic carbocycles. The van der Waals surface area contributed by atoms with Crippen molar-refractivity contribution in [2.75, 3.05) is 12.3 Å². The van der Waals surface area contributed by atoms with Crippen LogP contribution in [0.1, 0.15) is 39.0 Å². The number of thiol groups is 2. The van der Waals surface area contributed by atoms with Gasteiger partial charge in [-0.15, -0.1) is 0 Å². The third kappa shape index (κ3) is 10.5. The number of nitrogens with two attached hydrogens (primary N) is 1. The summed E-state index contributed by atoms with van der Waals surface area (Å²) in [7, 11) is 0. The number of rotatable bonds is 12. The van der Waals surface area contributed by atoms with Crippen LogP contribution in [0.3, 0.4) is 0 Å². The molecule has 0 aliphatic heterocycles. The van der Waals surface area contributed by atoms with E-state index in [0.717, 1.165) is 25.0 Å². The minimum atomic E-state index is -1.29. The molecule has 134 valence electrons. The second kappa shape index (κ2) is 12.5. The zero-order chi connectivity index (χ0) is 17.8. The van der Waals surface area contributed by atoms with Gasteiger partial charge in [-0.2, -0.15) is 25.3 Å². The third-order valence-corrected chi connectivity index (χ3v) is 3.96. The van der Waals surface area contributed by atoms with E-state index in [1.807, 2.05) is 0 Å². The summed E-state index contributed by atoms with van der Waals surface area (Å²) in [5.41, 5.74) is 5.10. The van der Waals surface area contributed by atoms with Crippen LogP contribution in [0.2, 0.25) is 0 Å². The Bertz CT molecular complexity index is 395. The predicted molar refractivity (Wildman–Crippen MR) is 93.9 cm³/mol. The van der Waals surface area contributed by atoms with Gasteiger partial charge in [0.1, 0.15) is 6.10 Å². The van der Waals surface area contributed by atoms with Crippen LogP contribution in [0.15, 0.2) is 0 Å². The Kier molecular flexibility index (Phi) is 12.0. The number of nitrogens with one attached hydrogen (secondary N) is 1. The zero-order valence-electron chi connectivity index (χ0n) is 13.2. The minimum absolute atomic E-state index is 0.211. The molecule has 3 atom stereocenters. The van der Waals surface area contributed by atoms with Crippen LogP contribution < -0.4 is 11.1 Å². The first-order valence-corrected chi connectivity index (χ1v) is 8.67. The fourth-order valence-corrected chi connectivity index (χ4v) is 2.73. The van der Waals surface area contributed by atoms with Gasteiger partial charge in [0, 0.05) is 11.7 Å². The third-order valence-electron chi connectivity index (χ3n) is 3.19. The molecule has 0 rings (SSSR count). The summed E-state index contributed by atoms with van der Waals surface area (Å²) >= 11 is 8.53. The second-order valence-corrected chi connectivity index (χ2v) is 6.37. The summed E-state index contributed by atoms with van der Waals surface area (Å²) < 4.78 is 4.83. The standard InChI is InChI=1S/C14H26N2O5S2/c1-9(21-12(18)8-15)13(14(19)20)16-11(17)5-3-2-4-10(23)6-7-22/h9-10,13,22-23H,2-8,15H2,1H3,(H,16,17)(H,19,20). The fourth-order valence-electron chi connectivity index (χ4n) is 1.91. The summed E-state index contributed by atoms with van der Waals surface area (Å²) in [5.74, 6) is -1.60. The molecule has 0 fully saturated rings. The van der Waals surface area contributed by atoms with E-state index in [-0.39, 0.29) is 18.2 Å². The lowest BCUT2D eigenvalue weighted by atomic mass is 10.1. The molecule has 0 aromatic heterocycles. The van der Waals surface area contributed by atoms with E-state index in [0.29, 0.717) is 6.42 Å². The maximum absolute atomic E-state index is 11.8. The van der Waals surface area contributed by atoms with Gasteiger partial charge in [-0.3, -0.25) is 9.59 Å². The van der Waals surface area contributed by atoms with E-state index in [4.69, 9.17) is 15.6 Å². The van der Waals surface area contributed by atoms with E-state index in [9.17, 15) is 14.4 Å². The number of aliphatic carboxylic acids is 1. The van der Waals surface area contributed by atoms with Crippen molar-refractivity contribution in [3.05, 3.63) is 0 Å². The Labute approximate surface area is 147 Å². The first kappa shape index (κ1) is 22.1. The molecular weight excluding hydrogens is 340 g/mol. The lowest BCUT2D eigenvalue weighted by Gasteiger charge is -2.21. The molecule has 0 aromatic rings. The highest BCUT2D eigenvalue weighted by Gasteiger charge is 2.29. The van der Waals surface area contributed by atoms with Crippen LogP contribution in [-0.4, -0.2) is 52.6 Å². The van der Waals surface area contributed by atoms with Gasteiger partial charge < -0.3 is 20.9 Å². The maximum atomic E-state index is 11.8. The van der Waals surface area contributed by atoms with Crippen molar-refractivity contribution in [3.63, 3.8) is 0 Å². The normalized spacial score (nSPS) is 14.6. The van der Waals surface area contributed by atoms with Crippen molar-refractivity contribution < 1.29 is 24.2 Å². The monoisotopic (exact) mass is 366 g/mol. The minimum Gasteiger partial charge on any atom is -0.480 e. The van der Waals surface area contributed by atoms with Gasteiger partial charge in [0.05, 0.1) is 6.54 Å². The topological polar surface area (TPSA) is 119 Å². The van der Waals surface area contributed by atoms with Crippen molar-refractivity contribution in [1.82, 2.24) is 5.32 Å². The van der Waals surface area contributed by atoms with Gasteiger partial charge in [-0.1, -0.05) is 6.42 Å². The second-order valence-electron chi connectivity index (χ2n) is 5.19. The van der Waals surface area contributed by atoms with Gasteiger partial charge >= 0.3 is 11.9 Å². The van der Waals surface area contributed by atoms with E-state index >= 15 is 0 Å². The van der Waals surface area contributed by atoms with Gasteiger partial charge in [0.25, 0.3) is 0 Å². The molecule has 0 heterocycles. The smallest absolute Gasteiger partial charge is 0.330 e. The SMILES string of the molecule is CC(OC(=O)CN)C(NC(=O)CCCCC(S)CCS)C(=O)O. The van der Waals surface area contributed by atoms with Crippen LogP contribution in [0.25, 0.3) is 0 Å². The highest BCUT2D eigenvalue weighted by molar-refractivity contribution is 7.81. The summed E-state index contributed by atoms with van der Waals surface area (Å²) in [6, 6.07) is -1.29. The van der Waals surface area contributed by atoms with Crippen LogP contribution >= 0.6 is 25.3 Å². The van der Waals surface area contributed by atoms with E-state index in [1.54, 1.807) is 0 Å². The number of carboxylic acid groups (broad SMARTS) is 1. The van der Waals surface area contributed by atoms with Crippen molar-refractivity contribution in [3.8, 4) is 0 Å². The number of hydrogen-bond acceptors (Lipinski definition) is 7. The molecule has 3 unspecified atom stereocenters. The van der Waals surface area contributed by atoms with Crippen LogP contribution in [0.5, 0.6) is 0 Å². The molecule has 0 saturated heterocycles. The van der Waals surface area contributed by atoms with E-state index in [2.05, 4.69) is 30.6 Å². The van der Waals surface area contributed by atoms with Crippen molar-refractivity contribution in [2.45, 2.75) is 56.4 Å². The summed E-state index contributed by atoms with van der Waals surface area (Å²) in [5, 5.41) is 11.8. The molecule has 1 amide bonds. The molecule has 23 heavy (non-hydrogen) atoms. The lowest BCUT2D eigenvalue weighted by Crippen LogP contribution is -2.49. The lowest BCUT2D eigenvalue weighted by molar-refractivity contribution is -0.155. The number of esters is 1. The summed E-state index contributed by atoms with van der Waals surface area (Å²) in [6.45, 7) is 1.05. The maximum Gasteiger partial charge on any atom is 0.330 e. The molecule has 9 heteroatoms. The Balaban J connectivity index is 4.20. The number of carbonyl (C=O) groups excluding carboxylic acids is 2. The van der Waals surface area contributed by atoms with Crippen molar-refractivity contribution in [2.24, 2.45) is 5.73 Å². The molecule has 0 radical (unpaired) electrons. The van der Waals surface area contributed by atoms with Crippen LogP contribution in [-0.2, 0) is 19.1 Å². The van der Waals surface area contributed by atoms with Crippen molar-refractivity contribution in [1.29, 1.82) is 0 Å². The van der Waals surface area contributed by atoms with Crippen molar-refractivity contribution >= 4 is 43.1 Å². The largest absolute Gasteiger partial charge is 0.480 e. The Morgan fingerprint density at radius 3 is 2.43 bits per heavy atom. The molecule has 0 bridgehead atoms.